The number of carboxylic acid groups (broad SMARTS) is 1. The van der Waals surface area contributed by atoms with Gasteiger partial charge in [0.25, 0.3) is 0 Å². The molecule has 0 spiro atoms. The molecule has 1 rings (SSSR count). The smallest absolute Gasteiger partial charge is 0.391 e. The van der Waals surface area contributed by atoms with E-state index >= 15 is 0 Å². The molecule has 0 amide bonds. The van der Waals surface area contributed by atoms with E-state index < -0.39 is 52.5 Å². The van der Waals surface area contributed by atoms with Crippen molar-refractivity contribution >= 4 is 29.8 Å². The van der Waals surface area contributed by atoms with Gasteiger partial charge in [-0.05, 0) is 24.5 Å². The van der Waals surface area contributed by atoms with Gasteiger partial charge < -0.3 is 14.6 Å². The number of carboxylic acids is 1. The predicted molar refractivity (Wildman–Crippen MR) is 101 cm³/mol. The molecule has 0 heterocycles. The lowest BCUT2D eigenvalue weighted by Crippen LogP contribution is -2.21. The van der Waals surface area contributed by atoms with E-state index in [1.54, 1.807) is 6.92 Å². The molecule has 0 radical (unpaired) electrons. The molecule has 0 fully saturated rings. The monoisotopic (exact) mass is 418 g/mol. The summed E-state index contributed by atoms with van der Waals surface area (Å²) in [5, 5.41) is 9.69. The van der Waals surface area contributed by atoms with Gasteiger partial charge in [-0.15, -0.1) is 0 Å². The number of benzene rings is 1. The highest BCUT2D eigenvalue weighted by molar-refractivity contribution is 6.08. The summed E-state index contributed by atoms with van der Waals surface area (Å²) in [5.74, 6) is -7.44. The lowest BCUT2D eigenvalue weighted by molar-refractivity contribution is -0.228. The lowest BCUT2D eigenvalue weighted by Gasteiger charge is -2.20. The van der Waals surface area contributed by atoms with Crippen LogP contribution in [0.4, 0.5) is 0 Å². The van der Waals surface area contributed by atoms with E-state index in [0.29, 0.717) is 6.08 Å². The van der Waals surface area contributed by atoms with Crippen LogP contribution in [0, 0.1) is 6.92 Å². The lowest BCUT2D eigenvalue weighted by atomic mass is 9.92. The fraction of sp³-hybridized carbons (Fsp3) is 0.150. The quantitative estimate of drug-likeness (QED) is 0.219. The third-order valence-electron chi connectivity index (χ3n) is 3.65. The Morgan fingerprint density at radius 2 is 1.33 bits per heavy atom. The first-order valence-corrected chi connectivity index (χ1v) is 8.29. The summed E-state index contributed by atoms with van der Waals surface area (Å²) in [4.78, 5) is 67.9. The largest absolute Gasteiger partial charge is 0.478 e. The summed E-state index contributed by atoms with van der Waals surface area (Å²) >= 11 is 0. The SMILES string of the molecule is C=CC(=O)OOC(=O)c1c(OC(=O)C=C)c(OC(=O)C=C)c(C)c(CC)c1C(=O)O. The number of hydrogen-bond acceptors (Lipinski definition) is 9. The molecule has 0 aliphatic carbocycles. The van der Waals surface area contributed by atoms with Crippen molar-refractivity contribution in [2.75, 3.05) is 0 Å². The van der Waals surface area contributed by atoms with Crippen molar-refractivity contribution in [3.8, 4) is 11.5 Å². The maximum absolute atomic E-state index is 12.6. The standard InChI is InChI=1S/C20H18O10/c1-6-11-10(5)17(27-12(21)7-2)18(28-13(22)8-3)16(15(11)19(24)25)20(26)30-29-14(23)9-4/h7-9H,2-4,6H2,1,5H3,(H,24,25). The maximum Gasteiger partial charge on any atom is 0.391 e. The van der Waals surface area contributed by atoms with E-state index in [1.165, 1.54) is 6.92 Å². The van der Waals surface area contributed by atoms with Gasteiger partial charge in [0.05, 0.1) is 5.56 Å². The number of ether oxygens (including phenoxy) is 2. The van der Waals surface area contributed by atoms with E-state index in [1.807, 2.05) is 0 Å². The number of carbonyl (C=O) groups excluding carboxylic acids is 4. The van der Waals surface area contributed by atoms with E-state index in [2.05, 4.69) is 29.5 Å². The summed E-state index contributed by atoms with van der Waals surface area (Å²) in [6.45, 7) is 12.5. The van der Waals surface area contributed by atoms with Crippen LogP contribution in [0.3, 0.4) is 0 Å². The number of esters is 2. The Labute approximate surface area is 170 Å². The zero-order chi connectivity index (χ0) is 23.0. The highest BCUT2D eigenvalue weighted by atomic mass is 17.2. The number of hydrogen-bond donors (Lipinski definition) is 1. The molecule has 1 aromatic carbocycles. The third-order valence-corrected chi connectivity index (χ3v) is 3.65. The third kappa shape index (κ3) is 5.19. The molecule has 10 heteroatoms. The van der Waals surface area contributed by atoms with Crippen LogP contribution in [0.25, 0.3) is 0 Å². The molecule has 1 N–H and O–H groups in total. The Morgan fingerprint density at radius 3 is 1.77 bits per heavy atom. The van der Waals surface area contributed by atoms with Crippen LogP contribution in [0.2, 0.25) is 0 Å². The van der Waals surface area contributed by atoms with Gasteiger partial charge in [0, 0.05) is 18.2 Å². The van der Waals surface area contributed by atoms with E-state index in [4.69, 9.17) is 9.47 Å². The van der Waals surface area contributed by atoms with Gasteiger partial charge in [0.2, 0.25) is 0 Å². The summed E-state index contributed by atoms with van der Waals surface area (Å²) in [6, 6.07) is 0. The first-order chi connectivity index (χ1) is 14.1. The molecule has 0 aromatic heterocycles. The van der Waals surface area contributed by atoms with Gasteiger partial charge in [0.15, 0.2) is 11.5 Å². The number of aromatic carboxylic acids is 1. The average molecular weight is 418 g/mol. The van der Waals surface area contributed by atoms with Gasteiger partial charge in [-0.1, -0.05) is 26.7 Å². The summed E-state index contributed by atoms with van der Waals surface area (Å²) in [6.07, 6.45) is 2.30. The van der Waals surface area contributed by atoms with Crippen molar-refractivity contribution in [2.24, 2.45) is 0 Å². The van der Waals surface area contributed by atoms with Gasteiger partial charge in [0.1, 0.15) is 5.56 Å². The molecule has 0 saturated carbocycles. The topological polar surface area (TPSA) is 142 Å². The van der Waals surface area contributed by atoms with Gasteiger partial charge in [-0.2, -0.15) is 0 Å². The zero-order valence-corrected chi connectivity index (χ0v) is 16.2. The zero-order valence-electron chi connectivity index (χ0n) is 16.2. The molecule has 0 aliphatic heterocycles. The van der Waals surface area contributed by atoms with E-state index in [0.717, 1.165) is 12.2 Å². The minimum absolute atomic E-state index is 0.0779. The maximum atomic E-state index is 12.6. The van der Waals surface area contributed by atoms with E-state index in [-0.39, 0.29) is 17.5 Å². The summed E-state index contributed by atoms with van der Waals surface area (Å²) < 4.78 is 10.1. The minimum atomic E-state index is -1.57. The normalized spacial score (nSPS) is 9.67. The molecular weight excluding hydrogens is 400 g/mol. The van der Waals surface area contributed by atoms with Crippen molar-refractivity contribution in [2.45, 2.75) is 20.3 Å². The van der Waals surface area contributed by atoms with Crippen LogP contribution in [0.1, 0.15) is 38.8 Å². The van der Waals surface area contributed by atoms with Gasteiger partial charge >= 0.3 is 29.8 Å². The van der Waals surface area contributed by atoms with Crippen molar-refractivity contribution in [3.05, 3.63) is 60.2 Å². The molecule has 0 bridgehead atoms. The molecule has 10 nitrogen and oxygen atoms in total. The molecule has 30 heavy (non-hydrogen) atoms. The highest BCUT2D eigenvalue weighted by Crippen LogP contribution is 2.41. The van der Waals surface area contributed by atoms with Crippen LogP contribution in [0.15, 0.2) is 38.0 Å². The first-order valence-electron chi connectivity index (χ1n) is 8.29. The van der Waals surface area contributed by atoms with Crippen LogP contribution in [-0.2, 0) is 30.6 Å². The number of rotatable bonds is 8. The molecule has 0 unspecified atom stereocenters. The second kappa shape index (κ2) is 10.4. The van der Waals surface area contributed by atoms with Gasteiger partial charge in [-0.25, -0.2) is 33.7 Å². The summed E-state index contributed by atoms with van der Waals surface area (Å²) in [7, 11) is 0. The molecule has 0 atom stereocenters. The fourth-order valence-electron chi connectivity index (χ4n) is 2.40. The minimum Gasteiger partial charge on any atom is -0.478 e. The second-order valence-corrected chi connectivity index (χ2v) is 5.40. The van der Waals surface area contributed by atoms with Crippen LogP contribution in [-0.4, -0.2) is 35.0 Å². The van der Waals surface area contributed by atoms with E-state index in [9.17, 15) is 29.1 Å². The van der Waals surface area contributed by atoms with Crippen molar-refractivity contribution in [1.29, 1.82) is 0 Å². The highest BCUT2D eigenvalue weighted by Gasteiger charge is 2.34. The van der Waals surface area contributed by atoms with Crippen molar-refractivity contribution in [3.63, 3.8) is 0 Å². The van der Waals surface area contributed by atoms with Crippen molar-refractivity contribution in [1.82, 2.24) is 0 Å². The molecule has 0 aliphatic rings. The van der Waals surface area contributed by atoms with Crippen LogP contribution < -0.4 is 9.47 Å². The Kier molecular flexibility index (Phi) is 8.23. The Balaban J connectivity index is 3.94. The first kappa shape index (κ1) is 23.8. The van der Waals surface area contributed by atoms with Gasteiger partial charge in [-0.3, -0.25) is 0 Å². The molecule has 1 aromatic rings. The van der Waals surface area contributed by atoms with Crippen LogP contribution in [0.5, 0.6) is 11.5 Å². The Bertz CT molecular complexity index is 955. The molecule has 158 valence electrons. The van der Waals surface area contributed by atoms with Crippen molar-refractivity contribution < 1.29 is 48.3 Å². The fourth-order valence-corrected chi connectivity index (χ4v) is 2.40. The average Bonchev–Trinajstić information content (AvgIpc) is 2.73. The van der Waals surface area contributed by atoms with Crippen LogP contribution >= 0.6 is 0 Å². The Hall–Kier alpha value is -4.21. The summed E-state index contributed by atoms with van der Waals surface area (Å²) in [5.41, 5.74) is -1.23. The Morgan fingerprint density at radius 1 is 0.833 bits per heavy atom. The molecular formula is C20H18O10. The molecule has 0 saturated heterocycles. The number of carbonyl (C=O) groups is 5. The second-order valence-electron chi connectivity index (χ2n) is 5.40. The predicted octanol–water partition coefficient (Wildman–Crippen LogP) is 2.24.